The number of carbonyl (C=O) groups excluding carboxylic acids is 4. The van der Waals surface area contributed by atoms with Gasteiger partial charge in [-0.25, -0.2) is 19.2 Å². The summed E-state index contributed by atoms with van der Waals surface area (Å²) >= 11 is 0. The molecule has 0 aromatic carbocycles. The Bertz CT molecular complexity index is 854. The number of amides is 2. The maximum atomic E-state index is 11.9. The van der Waals surface area contributed by atoms with E-state index in [1.165, 1.54) is 13.8 Å². The van der Waals surface area contributed by atoms with Crippen molar-refractivity contribution in [2.75, 3.05) is 32.2 Å². The van der Waals surface area contributed by atoms with Crippen LogP contribution in [0.2, 0.25) is 0 Å². The van der Waals surface area contributed by atoms with Crippen LogP contribution in [-0.4, -0.2) is 88.1 Å². The zero-order valence-electron chi connectivity index (χ0n) is 18.9. The molecular weight excluding hydrogens is 518 g/mol. The van der Waals surface area contributed by atoms with Crippen molar-refractivity contribution in [1.82, 2.24) is 10.6 Å². The quantitative estimate of drug-likeness (QED) is 0.0540. The zero-order chi connectivity index (χ0) is 27.4. The number of carbonyl (C=O) groups is 4. The molecule has 0 unspecified atom stereocenters. The summed E-state index contributed by atoms with van der Waals surface area (Å²) in [6.07, 6.45) is -7.90. The van der Waals surface area contributed by atoms with Gasteiger partial charge >= 0.3 is 39.3 Å². The molecule has 0 aromatic heterocycles. The SMILES string of the molecule is C=C(C)C(=O)OCC(COC(=O)C(=C)C)OC(=O)NCNC(=O)OC(CP(=O)(O)O)CP(=O)(O)O. The molecule has 18 heteroatoms. The van der Waals surface area contributed by atoms with Gasteiger partial charge in [-0.2, -0.15) is 0 Å². The molecule has 0 aliphatic heterocycles. The number of esters is 2. The van der Waals surface area contributed by atoms with E-state index < -0.39 is 83.7 Å². The molecule has 0 saturated carbocycles. The molecule has 0 aliphatic rings. The monoisotopic (exact) mass is 546 g/mol. The maximum Gasteiger partial charge on any atom is 0.409 e. The third-order valence-corrected chi connectivity index (χ3v) is 5.16. The van der Waals surface area contributed by atoms with Crippen LogP contribution in [0.15, 0.2) is 24.3 Å². The molecule has 0 aliphatic carbocycles. The molecule has 0 bridgehead atoms. The van der Waals surface area contributed by atoms with Crippen LogP contribution in [0.1, 0.15) is 13.8 Å². The van der Waals surface area contributed by atoms with E-state index in [2.05, 4.69) is 17.9 Å². The van der Waals surface area contributed by atoms with Crippen molar-refractivity contribution in [3.63, 3.8) is 0 Å². The summed E-state index contributed by atoms with van der Waals surface area (Å²) in [4.78, 5) is 82.5. The molecule has 0 heterocycles. The van der Waals surface area contributed by atoms with Gasteiger partial charge in [0.25, 0.3) is 0 Å². The Balaban J connectivity index is 4.82. The highest BCUT2D eigenvalue weighted by Gasteiger charge is 2.31. The lowest BCUT2D eigenvalue weighted by atomic mass is 10.3. The summed E-state index contributed by atoms with van der Waals surface area (Å²) in [5.74, 6) is -1.59. The van der Waals surface area contributed by atoms with E-state index >= 15 is 0 Å². The van der Waals surface area contributed by atoms with E-state index in [1.807, 2.05) is 10.6 Å². The largest absolute Gasteiger partial charge is 0.458 e. The highest BCUT2D eigenvalue weighted by atomic mass is 31.2. The Kier molecular flexibility index (Phi) is 13.5. The second-order valence-corrected chi connectivity index (χ2v) is 10.4. The minimum absolute atomic E-state index is 0.0608. The summed E-state index contributed by atoms with van der Waals surface area (Å²) in [5.41, 5.74) is 0.122. The molecule has 0 saturated heterocycles. The highest BCUT2D eigenvalue weighted by Crippen LogP contribution is 2.41. The molecular formula is C17H28N2O14P2. The molecule has 0 rings (SSSR count). The Labute approximate surface area is 200 Å². The molecule has 0 radical (unpaired) electrons. The van der Waals surface area contributed by atoms with E-state index in [0.717, 1.165) is 0 Å². The van der Waals surface area contributed by atoms with Crippen LogP contribution in [0.25, 0.3) is 0 Å². The standard InChI is InChI=1S/C17H28N2O14P2/c1-10(2)14(20)30-5-12(6-31-15(21)11(3)4)32-16(22)18-9-19-17(23)33-13(7-34(24,25)26)8-35(27,28)29/h12-13H,1,3,5-9H2,2,4H3,(H,18,22)(H,19,23)(H2,24,25,26)(H2,27,28,29). The van der Waals surface area contributed by atoms with Crippen LogP contribution < -0.4 is 10.6 Å². The summed E-state index contributed by atoms with van der Waals surface area (Å²) in [5, 5.41) is 3.98. The third-order valence-electron chi connectivity index (χ3n) is 3.39. The van der Waals surface area contributed by atoms with E-state index in [9.17, 15) is 28.3 Å². The Morgan fingerprint density at radius 2 is 1.09 bits per heavy atom. The third kappa shape index (κ3) is 17.4. The lowest BCUT2D eigenvalue weighted by Gasteiger charge is -2.20. The van der Waals surface area contributed by atoms with Crippen molar-refractivity contribution in [3.8, 4) is 0 Å². The van der Waals surface area contributed by atoms with Gasteiger partial charge in [0.2, 0.25) is 0 Å². The van der Waals surface area contributed by atoms with Crippen molar-refractivity contribution in [3.05, 3.63) is 24.3 Å². The smallest absolute Gasteiger partial charge is 0.409 e. The first-order valence-corrected chi connectivity index (χ1v) is 13.1. The number of ether oxygens (including phenoxy) is 4. The number of alkyl carbamates (subject to hydrolysis) is 2. The van der Waals surface area contributed by atoms with Gasteiger partial charge in [-0.1, -0.05) is 13.2 Å². The predicted octanol–water partition coefficient (Wildman–Crippen LogP) is -0.272. The summed E-state index contributed by atoms with van der Waals surface area (Å²) in [6, 6.07) is 0. The zero-order valence-corrected chi connectivity index (χ0v) is 20.7. The molecule has 35 heavy (non-hydrogen) atoms. The minimum Gasteiger partial charge on any atom is -0.458 e. The Morgan fingerprint density at radius 1 is 0.743 bits per heavy atom. The Hall–Kier alpha value is -2.74. The summed E-state index contributed by atoms with van der Waals surface area (Å²) in [6.45, 7) is 7.84. The lowest BCUT2D eigenvalue weighted by molar-refractivity contribution is -0.147. The van der Waals surface area contributed by atoms with Crippen molar-refractivity contribution in [1.29, 1.82) is 0 Å². The van der Waals surface area contributed by atoms with E-state index in [0.29, 0.717) is 0 Å². The minimum atomic E-state index is -4.78. The van der Waals surface area contributed by atoms with Gasteiger partial charge in [-0.05, 0) is 13.8 Å². The van der Waals surface area contributed by atoms with Crippen molar-refractivity contribution < 1.29 is 66.8 Å². The van der Waals surface area contributed by atoms with Crippen molar-refractivity contribution >= 4 is 39.3 Å². The van der Waals surface area contributed by atoms with Crippen LogP contribution in [-0.2, 0) is 37.7 Å². The van der Waals surface area contributed by atoms with E-state index in [-0.39, 0.29) is 11.1 Å². The Morgan fingerprint density at radius 3 is 1.40 bits per heavy atom. The maximum absolute atomic E-state index is 11.9. The van der Waals surface area contributed by atoms with E-state index in [4.69, 9.17) is 33.8 Å². The second kappa shape index (κ2) is 14.6. The molecule has 0 atom stereocenters. The molecule has 0 spiro atoms. The fraction of sp³-hybridized carbons (Fsp3) is 0.529. The number of nitrogens with one attached hydrogen (secondary N) is 2. The van der Waals surface area contributed by atoms with Crippen LogP contribution in [0.4, 0.5) is 9.59 Å². The van der Waals surface area contributed by atoms with Gasteiger partial charge in [0.05, 0.1) is 19.0 Å². The molecule has 200 valence electrons. The molecule has 0 aromatic rings. The van der Waals surface area contributed by atoms with Crippen molar-refractivity contribution in [2.45, 2.75) is 26.1 Å². The van der Waals surface area contributed by atoms with Crippen LogP contribution in [0, 0.1) is 0 Å². The number of rotatable bonds is 14. The normalized spacial score (nSPS) is 11.4. The van der Waals surface area contributed by atoms with Gasteiger partial charge in [0, 0.05) is 11.1 Å². The van der Waals surface area contributed by atoms with E-state index in [1.54, 1.807) is 0 Å². The van der Waals surface area contributed by atoms with Crippen LogP contribution in [0.5, 0.6) is 0 Å². The number of hydrogen-bond acceptors (Lipinski definition) is 10. The predicted molar refractivity (Wildman–Crippen MR) is 117 cm³/mol. The van der Waals surface area contributed by atoms with Crippen molar-refractivity contribution in [2.24, 2.45) is 0 Å². The fourth-order valence-corrected chi connectivity index (χ4v) is 3.61. The first-order chi connectivity index (χ1) is 15.9. The number of hydrogen-bond donors (Lipinski definition) is 6. The first kappa shape index (κ1) is 32.3. The van der Waals surface area contributed by atoms with Gasteiger partial charge in [0.1, 0.15) is 19.3 Å². The van der Waals surface area contributed by atoms with Crippen LogP contribution >= 0.6 is 15.2 Å². The topological polar surface area (TPSA) is 244 Å². The molecule has 0 fully saturated rings. The van der Waals surface area contributed by atoms with Gasteiger partial charge < -0.3 is 49.2 Å². The lowest BCUT2D eigenvalue weighted by Crippen LogP contribution is -2.42. The van der Waals surface area contributed by atoms with Crippen LogP contribution in [0.3, 0.4) is 0 Å². The van der Waals surface area contributed by atoms with Gasteiger partial charge in [0.15, 0.2) is 6.10 Å². The molecule has 2 amide bonds. The molecule has 6 N–H and O–H groups in total. The van der Waals surface area contributed by atoms with Gasteiger partial charge in [-0.3, -0.25) is 9.13 Å². The fourth-order valence-electron chi connectivity index (χ4n) is 1.94. The van der Waals surface area contributed by atoms with Gasteiger partial charge in [-0.15, -0.1) is 0 Å². The molecule has 16 nitrogen and oxygen atoms in total. The highest BCUT2D eigenvalue weighted by molar-refractivity contribution is 7.53. The first-order valence-electron chi connectivity index (χ1n) is 9.53. The summed E-state index contributed by atoms with van der Waals surface area (Å²) in [7, 11) is -9.57. The average Bonchev–Trinajstić information content (AvgIpc) is 2.66. The average molecular weight is 546 g/mol. The second-order valence-electron chi connectivity index (χ2n) is 7.04. The summed E-state index contributed by atoms with van der Waals surface area (Å²) < 4.78 is 41.4.